The maximum absolute atomic E-state index is 12.4. The number of ether oxygens (including phenoxy) is 1. The van der Waals surface area contributed by atoms with Crippen LogP contribution in [-0.2, 0) is 11.3 Å². The zero-order valence-corrected chi connectivity index (χ0v) is 18.2. The number of carbonyl (C=O) groups excluding carboxylic acids is 1. The lowest BCUT2D eigenvalue weighted by Gasteiger charge is -2.11. The second-order valence-electron chi connectivity index (χ2n) is 6.71. The van der Waals surface area contributed by atoms with Crippen molar-refractivity contribution >= 4 is 35.5 Å². The lowest BCUT2D eigenvalue weighted by Crippen LogP contribution is -2.31. The van der Waals surface area contributed by atoms with Gasteiger partial charge in [-0.3, -0.25) is 9.79 Å². The highest BCUT2D eigenvalue weighted by Crippen LogP contribution is 2.22. The van der Waals surface area contributed by atoms with Gasteiger partial charge >= 0.3 is 6.61 Å². The van der Waals surface area contributed by atoms with Crippen LogP contribution in [0, 0.1) is 0 Å². The van der Waals surface area contributed by atoms with Crippen LogP contribution in [0.1, 0.15) is 19.4 Å². The molecule has 0 aliphatic carbocycles. The van der Waals surface area contributed by atoms with Crippen molar-refractivity contribution in [3.8, 4) is 5.75 Å². The number of alkyl halides is 2. The molecule has 0 aliphatic heterocycles. The third-order valence-electron chi connectivity index (χ3n) is 3.68. The van der Waals surface area contributed by atoms with E-state index in [4.69, 9.17) is 17.3 Å². The monoisotopic (exact) mass is 467 g/mol. The fourth-order valence-electron chi connectivity index (χ4n) is 2.41. The molecule has 0 radical (unpaired) electrons. The van der Waals surface area contributed by atoms with Gasteiger partial charge in [0.05, 0.1) is 11.9 Å². The largest absolute Gasteiger partial charge is 0.435 e. The van der Waals surface area contributed by atoms with Gasteiger partial charge in [0.2, 0.25) is 11.9 Å². The number of carbonyl (C=O) groups is 1. The molecule has 0 bridgehead atoms. The quantitative estimate of drug-likeness (QED) is 0.374. The molecule has 32 heavy (non-hydrogen) atoms. The summed E-state index contributed by atoms with van der Waals surface area (Å²) in [5.41, 5.74) is 6.64. The zero-order chi connectivity index (χ0) is 23.5. The number of amides is 1. The van der Waals surface area contributed by atoms with Crippen molar-refractivity contribution in [1.82, 2.24) is 15.3 Å². The lowest BCUT2D eigenvalue weighted by molar-refractivity contribution is -0.120. The van der Waals surface area contributed by atoms with Gasteiger partial charge in [-0.15, -0.1) is 0 Å². The van der Waals surface area contributed by atoms with Crippen LogP contribution in [0.3, 0.4) is 0 Å². The molecule has 172 valence electrons. The average Bonchev–Trinajstić information content (AvgIpc) is 2.72. The summed E-state index contributed by atoms with van der Waals surface area (Å²) in [6.45, 7) is 1.00. The van der Waals surface area contributed by atoms with Gasteiger partial charge in [-0.2, -0.15) is 13.8 Å². The molecule has 2 rings (SSSR count). The minimum atomic E-state index is -2.90. The van der Waals surface area contributed by atoms with Crippen LogP contribution in [0.5, 0.6) is 5.75 Å². The van der Waals surface area contributed by atoms with Gasteiger partial charge < -0.3 is 26.4 Å². The molecule has 5 N–H and O–H groups in total. The summed E-state index contributed by atoms with van der Waals surface area (Å²) in [6, 6.07) is 6.27. The van der Waals surface area contributed by atoms with Gasteiger partial charge in [0.25, 0.3) is 0 Å². The van der Waals surface area contributed by atoms with E-state index in [0.29, 0.717) is 17.1 Å². The van der Waals surface area contributed by atoms with Crippen LogP contribution in [0.4, 0.5) is 20.5 Å². The molecule has 0 saturated heterocycles. The van der Waals surface area contributed by atoms with E-state index in [2.05, 4.69) is 35.6 Å². The number of hydrogen-bond donors (Lipinski definition) is 4. The van der Waals surface area contributed by atoms with E-state index < -0.39 is 6.61 Å². The summed E-state index contributed by atoms with van der Waals surface area (Å²) < 4.78 is 29.2. The molecule has 0 aliphatic rings. The Morgan fingerprint density at radius 1 is 1.38 bits per heavy atom. The maximum atomic E-state index is 12.4. The number of nitrogens with zero attached hydrogens (tertiary/aromatic N) is 3. The molecule has 0 fully saturated rings. The first-order valence-electron chi connectivity index (χ1n) is 9.55. The Morgan fingerprint density at radius 2 is 2.16 bits per heavy atom. The van der Waals surface area contributed by atoms with E-state index in [1.54, 1.807) is 12.1 Å². The van der Waals surface area contributed by atoms with E-state index in [9.17, 15) is 13.6 Å². The molecule has 12 heteroatoms. The van der Waals surface area contributed by atoms with Crippen molar-refractivity contribution in [3.63, 3.8) is 0 Å². The smallest absolute Gasteiger partial charge is 0.387 e. The van der Waals surface area contributed by atoms with E-state index in [1.165, 1.54) is 30.7 Å². The number of anilines is 2. The van der Waals surface area contributed by atoms with Gasteiger partial charge in [-0.25, -0.2) is 4.98 Å². The van der Waals surface area contributed by atoms with Crippen molar-refractivity contribution in [2.75, 3.05) is 17.2 Å². The molecule has 0 spiro atoms. The van der Waals surface area contributed by atoms with Crippen molar-refractivity contribution in [2.24, 2.45) is 10.7 Å². The van der Waals surface area contributed by atoms with Gasteiger partial charge in [0.15, 0.2) is 5.82 Å². The molecular formula is C20H24ClF2N7O2. The minimum Gasteiger partial charge on any atom is -0.435 e. The molecule has 0 atom stereocenters. The number of aromatic nitrogens is 2. The Bertz CT molecular complexity index is 971. The molecule has 1 aromatic carbocycles. The molecule has 9 nitrogen and oxygen atoms in total. The first-order valence-corrected chi connectivity index (χ1v) is 9.93. The van der Waals surface area contributed by atoms with Gasteiger partial charge in [0.1, 0.15) is 17.3 Å². The normalized spacial score (nSPS) is 11.8. The van der Waals surface area contributed by atoms with Crippen molar-refractivity contribution < 1.29 is 18.3 Å². The molecule has 1 aromatic heterocycles. The number of benzene rings is 1. The summed E-state index contributed by atoms with van der Waals surface area (Å²) >= 11 is 6.14. The highest BCUT2D eigenvalue weighted by Gasteiger charge is 2.08. The number of allylic oxidation sites excluding steroid dienone is 1. The summed E-state index contributed by atoms with van der Waals surface area (Å²) in [6.07, 6.45) is 4.03. The van der Waals surface area contributed by atoms with Crippen LogP contribution in [0.15, 0.2) is 47.4 Å². The number of nitrogens with one attached hydrogen (secondary N) is 3. The number of rotatable bonds is 11. The Kier molecular flexibility index (Phi) is 9.61. The highest BCUT2D eigenvalue weighted by atomic mass is 35.5. The fraction of sp³-hybridized carbons (Fsp3) is 0.300. The SMILES string of the molecule is CC(C)NC(=O)CN=CC(=CN)Nc1ncc(Cl)c(NCc2cccc(OC(F)F)c2)n1. The van der Waals surface area contributed by atoms with Gasteiger partial charge in [-0.1, -0.05) is 23.7 Å². The van der Waals surface area contributed by atoms with Gasteiger partial charge in [-0.05, 0) is 31.5 Å². The Morgan fingerprint density at radius 3 is 2.84 bits per heavy atom. The predicted octanol–water partition coefficient (Wildman–Crippen LogP) is 3.15. The minimum absolute atomic E-state index is 0.0213. The Balaban J connectivity index is 2.00. The first kappa shape index (κ1) is 24.8. The van der Waals surface area contributed by atoms with E-state index >= 15 is 0 Å². The van der Waals surface area contributed by atoms with E-state index in [1.807, 2.05) is 13.8 Å². The summed E-state index contributed by atoms with van der Waals surface area (Å²) in [4.78, 5) is 24.0. The Labute approximate surface area is 189 Å². The molecule has 0 unspecified atom stereocenters. The standard InChI is InChI=1S/C20H24ClF2N7O2/c1-12(2)28-17(31)11-25-9-14(7-24)29-20-27-10-16(21)18(30-20)26-8-13-4-3-5-15(6-13)32-19(22)23/h3-7,9-10,12,19H,8,11,24H2,1-2H3,(H,28,31)(H2,26,27,29,30). The second kappa shape index (κ2) is 12.4. The van der Waals surface area contributed by atoms with Crippen molar-refractivity contribution in [3.05, 3.63) is 52.9 Å². The third kappa shape index (κ3) is 8.72. The van der Waals surface area contributed by atoms with E-state index in [-0.39, 0.29) is 41.8 Å². The number of aliphatic imine (C=N–C) groups is 1. The van der Waals surface area contributed by atoms with Crippen molar-refractivity contribution in [2.45, 2.75) is 33.0 Å². The number of halogens is 3. The topological polar surface area (TPSA) is 127 Å². The van der Waals surface area contributed by atoms with Crippen LogP contribution in [0.25, 0.3) is 0 Å². The molecular weight excluding hydrogens is 444 g/mol. The second-order valence-corrected chi connectivity index (χ2v) is 7.12. The summed E-state index contributed by atoms with van der Waals surface area (Å²) in [7, 11) is 0. The maximum Gasteiger partial charge on any atom is 0.387 e. The van der Waals surface area contributed by atoms with Crippen LogP contribution < -0.4 is 26.4 Å². The molecule has 1 amide bonds. The zero-order valence-electron chi connectivity index (χ0n) is 17.5. The first-order chi connectivity index (χ1) is 15.3. The molecule has 2 aromatic rings. The van der Waals surface area contributed by atoms with Crippen LogP contribution in [-0.4, -0.2) is 41.3 Å². The lowest BCUT2D eigenvalue weighted by atomic mass is 10.2. The average molecular weight is 468 g/mol. The summed E-state index contributed by atoms with van der Waals surface area (Å²) in [5.74, 6) is 0.329. The third-order valence-corrected chi connectivity index (χ3v) is 3.95. The molecule has 1 heterocycles. The van der Waals surface area contributed by atoms with Crippen LogP contribution in [0.2, 0.25) is 5.02 Å². The van der Waals surface area contributed by atoms with E-state index in [0.717, 1.165) is 0 Å². The van der Waals surface area contributed by atoms with Crippen LogP contribution >= 0.6 is 11.6 Å². The molecule has 0 saturated carbocycles. The highest BCUT2D eigenvalue weighted by molar-refractivity contribution is 6.32. The number of nitrogens with two attached hydrogens (primary N) is 1. The van der Waals surface area contributed by atoms with Crippen molar-refractivity contribution in [1.29, 1.82) is 0 Å². The fourth-order valence-corrected chi connectivity index (χ4v) is 2.57. The number of hydrogen-bond acceptors (Lipinski definition) is 8. The van der Waals surface area contributed by atoms with Gasteiger partial charge in [0, 0.05) is 25.0 Å². The Hall–Kier alpha value is -3.47. The summed E-state index contributed by atoms with van der Waals surface area (Å²) in [5, 5.41) is 8.86. The predicted molar refractivity (Wildman–Crippen MR) is 120 cm³/mol.